The van der Waals surface area contributed by atoms with E-state index < -0.39 is 5.97 Å². The van der Waals surface area contributed by atoms with Crippen molar-refractivity contribution in [3.8, 4) is 0 Å². The van der Waals surface area contributed by atoms with Crippen molar-refractivity contribution in [2.24, 2.45) is 17.3 Å². The number of hydrogen-bond donors (Lipinski definition) is 1. The van der Waals surface area contributed by atoms with Gasteiger partial charge in [0.25, 0.3) is 0 Å². The van der Waals surface area contributed by atoms with Gasteiger partial charge >= 0.3 is 5.97 Å². The Morgan fingerprint density at radius 1 is 1.64 bits per heavy atom. The van der Waals surface area contributed by atoms with Crippen LogP contribution in [-0.2, 0) is 4.79 Å². The summed E-state index contributed by atoms with van der Waals surface area (Å²) < 4.78 is 0. The highest BCUT2D eigenvalue weighted by atomic mass is 79.9. The molecule has 0 radical (unpaired) electrons. The van der Waals surface area contributed by atoms with Crippen molar-refractivity contribution in [3.63, 3.8) is 0 Å². The molecule has 1 aliphatic carbocycles. The molecule has 2 nitrogen and oxygen atoms in total. The van der Waals surface area contributed by atoms with Gasteiger partial charge in [-0.2, -0.15) is 0 Å². The molecule has 0 saturated heterocycles. The van der Waals surface area contributed by atoms with E-state index in [4.69, 9.17) is 5.11 Å². The minimum Gasteiger partial charge on any atom is -0.481 e. The zero-order valence-electron chi connectivity index (χ0n) is 6.54. The molecule has 11 heavy (non-hydrogen) atoms. The molecule has 3 heteroatoms. The van der Waals surface area contributed by atoms with Gasteiger partial charge in [-0.1, -0.05) is 35.9 Å². The molecular formula is C8H11BrO2. The number of allylic oxidation sites excluding steroid dienone is 1. The number of aliphatic carboxylic acids is 1. The summed E-state index contributed by atoms with van der Waals surface area (Å²) in [5.41, 5.74) is -0.0594. The second kappa shape index (κ2) is 2.63. The fraction of sp³-hybridized carbons (Fsp3) is 0.625. The maximum Gasteiger partial charge on any atom is 0.307 e. The van der Waals surface area contributed by atoms with Crippen LogP contribution < -0.4 is 0 Å². The molecule has 1 N–H and O–H groups in total. The van der Waals surface area contributed by atoms with Crippen LogP contribution in [-0.4, -0.2) is 11.1 Å². The van der Waals surface area contributed by atoms with E-state index in [0.29, 0.717) is 0 Å². The van der Waals surface area contributed by atoms with Gasteiger partial charge in [0.2, 0.25) is 0 Å². The minimum atomic E-state index is -0.689. The summed E-state index contributed by atoms with van der Waals surface area (Å²) in [4.78, 5) is 12.4. The van der Waals surface area contributed by atoms with Crippen LogP contribution in [0.3, 0.4) is 0 Å². The second-order valence-electron chi connectivity index (χ2n) is 3.48. The summed E-state index contributed by atoms with van der Waals surface area (Å²) >= 11 is 3.14. The molecule has 2 atom stereocenters. The molecule has 62 valence electrons. The van der Waals surface area contributed by atoms with Crippen LogP contribution in [0.5, 0.6) is 0 Å². The Kier molecular flexibility index (Phi) is 2.10. The van der Waals surface area contributed by atoms with Crippen LogP contribution in [0.1, 0.15) is 13.8 Å². The minimum absolute atomic E-state index is 0.0594. The smallest absolute Gasteiger partial charge is 0.307 e. The van der Waals surface area contributed by atoms with Gasteiger partial charge in [0, 0.05) is 0 Å². The summed E-state index contributed by atoms with van der Waals surface area (Å²) in [6.45, 7) is 3.95. The monoisotopic (exact) mass is 218 g/mol. The van der Waals surface area contributed by atoms with E-state index in [1.54, 1.807) is 4.99 Å². The van der Waals surface area contributed by atoms with Crippen molar-refractivity contribution in [2.45, 2.75) is 13.8 Å². The van der Waals surface area contributed by atoms with Crippen molar-refractivity contribution >= 4 is 21.9 Å². The Balaban J connectivity index is 2.68. The topological polar surface area (TPSA) is 37.3 Å². The lowest BCUT2D eigenvalue weighted by atomic mass is 10.1. The Bertz CT molecular complexity index is 208. The highest BCUT2D eigenvalue weighted by Gasteiger charge is 2.60. The number of rotatable bonds is 2. The molecule has 0 aliphatic heterocycles. The Morgan fingerprint density at radius 2 is 2.18 bits per heavy atom. The molecule has 1 aliphatic rings. The number of carboxylic acids is 1. The summed E-state index contributed by atoms with van der Waals surface area (Å²) in [5, 5.41) is 8.74. The highest BCUT2D eigenvalue weighted by Crippen LogP contribution is 2.59. The van der Waals surface area contributed by atoms with Crippen molar-refractivity contribution in [1.29, 1.82) is 0 Å². The normalized spacial score (nSPS) is 34.1. The first-order chi connectivity index (χ1) is 5.01. The van der Waals surface area contributed by atoms with E-state index >= 15 is 0 Å². The van der Waals surface area contributed by atoms with Crippen LogP contribution >= 0.6 is 15.9 Å². The van der Waals surface area contributed by atoms with Crippen LogP contribution in [0.15, 0.2) is 11.1 Å². The van der Waals surface area contributed by atoms with Crippen LogP contribution in [0, 0.1) is 17.3 Å². The SMILES string of the molecule is CC1(C)C(/C=C\Br)C1C(=O)O. The van der Waals surface area contributed by atoms with E-state index in [2.05, 4.69) is 15.9 Å². The van der Waals surface area contributed by atoms with Gasteiger partial charge in [-0.15, -0.1) is 0 Å². The predicted octanol–water partition coefficient (Wildman–Crippen LogP) is 2.25. The Hall–Kier alpha value is -0.310. The maximum atomic E-state index is 10.6. The molecule has 0 amide bonds. The maximum absolute atomic E-state index is 10.6. The lowest BCUT2D eigenvalue weighted by Gasteiger charge is -1.95. The van der Waals surface area contributed by atoms with Crippen molar-refractivity contribution in [2.75, 3.05) is 0 Å². The van der Waals surface area contributed by atoms with Gasteiger partial charge in [0.05, 0.1) is 5.92 Å². The number of hydrogen-bond acceptors (Lipinski definition) is 1. The van der Waals surface area contributed by atoms with E-state index in [1.807, 2.05) is 19.9 Å². The van der Waals surface area contributed by atoms with E-state index in [1.165, 1.54) is 0 Å². The summed E-state index contributed by atoms with van der Waals surface area (Å²) in [6, 6.07) is 0. The first-order valence-electron chi connectivity index (χ1n) is 3.51. The molecule has 0 bridgehead atoms. The predicted molar refractivity (Wildman–Crippen MR) is 46.5 cm³/mol. The first-order valence-corrected chi connectivity index (χ1v) is 4.43. The average Bonchev–Trinajstić information content (AvgIpc) is 2.35. The highest BCUT2D eigenvalue weighted by molar-refractivity contribution is 9.11. The lowest BCUT2D eigenvalue weighted by molar-refractivity contribution is -0.139. The number of carboxylic acid groups (broad SMARTS) is 1. The fourth-order valence-electron chi connectivity index (χ4n) is 1.59. The standard InChI is InChI=1S/C8H11BrO2/c1-8(2)5(3-4-9)6(8)7(10)11/h3-6H,1-2H3,(H,10,11)/b4-3-. The molecule has 0 heterocycles. The molecule has 1 saturated carbocycles. The molecule has 0 aromatic heterocycles. The van der Waals surface area contributed by atoms with Crippen LogP contribution in [0.2, 0.25) is 0 Å². The Morgan fingerprint density at radius 3 is 2.45 bits per heavy atom. The van der Waals surface area contributed by atoms with Crippen molar-refractivity contribution in [3.05, 3.63) is 11.1 Å². The van der Waals surface area contributed by atoms with Gasteiger partial charge in [0.15, 0.2) is 0 Å². The first kappa shape index (κ1) is 8.78. The van der Waals surface area contributed by atoms with Gasteiger partial charge in [-0.25, -0.2) is 0 Å². The zero-order chi connectivity index (χ0) is 8.65. The van der Waals surface area contributed by atoms with Crippen molar-refractivity contribution < 1.29 is 9.90 Å². The largest absolute Gasteiger partial charge is 0.481 e. The zero-order valence-corrected chi connectivity index (χ0v) is 8.13. The van der Waals surface area contributed by atoms with Gasteiger partial charge in [0.1, 0.15) is 0 Å². The molecule has 1 rings (SSSR count). The number of carbonyl (C=O) groups is 1. The quantitative estimate of drug-likeness (QED) is 0.773. The van der Waals surface area contributed by atoms with E-state index in [9.17, 15) is 4.79 Å². The second-order valence-corrected chi connectivity index (χ2v) is 4.01. The third-order valence-electron chi connectivity index (χ3n) is 2.46. The Labute approximate surface area is 74.4 Å². The number of halogens is 1. The summed E-state index contributed by atoms with van der Waals surface area (Å²) in [5.74, 6) is -0.693. The third-order valence-corrected chi connectivity index (χ3v) is 2.76. The van der Waals surface area contributed by atoms with Gasteiger partial charge in [-0.3, -0.25) is 4.79 Å². The molecule has 0 aromatic rings. The third kappa shape index (κ3) is 1.34. The molecule has 0 aromatic carbocycles. The molecular weight excluding hydrogens is 208 g/mol. The summed E-state index contributed by atoms with van der Waals surface area (Å²) in [6.07, 6.45) is 1.90. The van der Waals surface area contributed by atoms with Crippen LogP contribution in [0.25, 0.3) is 0 Å². The van der Waals surface area contributed by atoms with E-state index in [-0.39, 0.29) is 17.3 Å². The van der Waals surface area contributed by atoms with Gasteiger partial charge in [-0.05, 0) is 16.3 Å². The summed E-state index contributed by atoms with van der Waals surface area (Å²) in [7, 11) is 0. The van der Waals surface area contributed by atoms with E-state index in [0.717, 1.165) is 0 Å². The molecule has 1 fully saturated rings. The van der Waals surface area contributed by atoms with Crippen LogP contribution in [0.4, 0.5) is 0 Å². The molecule has 2 unspecified atom stereocenters. The molecule has 0 spiro atoms. The van der Waals surface area contributed by atoms with Gasteiger partial charge < -0.3 is 5.11 Å². The average molecular weight is 219 g/mol. The lowest BCUT2D eigenvalue weighted by Crippen LogP contribution is -2.02. The fourth-order valence-corrected chi connectivity index (χ4v) is 1.92. The van der Waals surface area contributed by atoms with Crippen molar-refractivity contribution in [1.82, 2.24) is 0 Å².